The maximum absolute atomic E-state index is 9.69. The number of nitrogens with zero attached hydrogens (tertiary/aromatic N) is 1. The minimum absolute atomic E-state index is 0. The van der Waals surface area contributed by atoms with Gasteiger partial charge in [-0.3, -0.25) is 0 Å². The summed E-state index contributed by atoms with van der Waals surface area (Å²) in [6, 6.07) is 9.58. The Kier molecular flexibility index (Phi) is 4.70. The highest BCUT2D eigenvalue weighted by molar-refractivity contribution is 5.33. The Morgan fingerprint density at radius 1 is 1.27 bits per heavy atom. The zero-order valence-electron chi connectivity index (χ0n) is 5.45. The van der Waals surface area contributed by atoms with Crippen LogP contribution in [0.4, 0.5) is 0 Å². The van der Waals surface area contributed by atoms with E-state index in [1.54, 1.807) is 0 Å². The molecule has 0 atom stereocenters. The van der Waals surface area contributed by atoms with Gasteiger partial charge in [0.1, 0.15) is 0 Å². The van der Waals surface area contributed by atoms with Crippen LogP contribution in [0, 0.1) is 0 Å². The van der Waals surface area contributed by atoms with Gasteiger partial charge >= 0.3 is 0 Å². The van der Waals surface area contributed by atoms with E-state index in [1.807, 2.05) is 30.3 Å². The maximum atomic E-state index is 9.69. The Balaban J connectivity index is 0.000001000. The Morgan fingerprint density at radius 3 is 2.45 bits per heavy atom. The number of benzene rings is 1. The third-order valence-electron chi connectivity index (χ3n) is 1.17. The van der Waals surface area contributed by atoms with E-state index >= 15 is 0 Å². The van der Waals surface area contributed by atoms with Crippen molar-refractivity contribution in [1.29, 1.82) is 0 Å². The van der Waals surface area contributed by atoms with E-state index in [-0.39, 0.29) is 7.43 Å². The van der Waals surface area contributed by atoms with Gasteiger partial charge in [0.2, 0.25) is 6.08 Å². The quantitative estimate of drug-likeness (QED) is 0.468. The van der Waals surface area contributed by atoms with Crippen LogP contribution in [0.5, 0.6) is 0 Å². The SMILES string of the molecule is C.O=C=NCc1ccccc1. The van der Waals surface area contributed by atoms with E-state index in [1.165, 1.54) is 6.08 Å². The van der Waals surface area contributed by atoms with Gasteiger partial charge in [-0.05, 0) is 5.56 Å². The van der Waals surface area contributed by atoms with Crippen molar-refractivity contribution >= 4 is 6.08 Å². The third-order valence-corrected chi connectivity index (χ3v) is 1.17. The molecular formula is C9H11NO. The summed E-state index contributed by atoms with van der Waals surface area (Å²) in [4.78, 5) is 13.1. The summed E-state index contributed by atoms with van der Waals surface area (Å²) < 4.78 is 0. The summed E-state index contributed by atoms with van der Waals surface area (Å²) >= 11 is 0. The molecule has 1 aromatic rings. The van der Waals surface area contributed by atoms with Gasteiger partial charge in [-0.1, -0.05) is 37.8 Å². The molecule has 0 N–H and O–H groups in total. The second-order valence-corrected chi connectivity index (χ2v) is 1.89. The number of carbonyl (C=O) groups excluding carboxylic acids is 1. The Hall–Kier alpha value is -1.40. The van der Waals surface area contributed by atoms with E-state index in [0.717, 1.165) is 5.56 Å². The van der Waals surface area contributed by atoms with Gasteiger partial charge in [-0.2, -0.15) is 0 Å². The minimum Gasteiger partial charge on any atom is -0.211 e. The van der Waals surface area contributed by atoms with Crippen molar-refractivity contribution in [3.05, 3.63) is 35.9 Å². The summed E-state index contributed by atoms with van der Waals surface area (Å²) in [6.45, 7) is 0.435. The van der Waals surface area contributed by atoms with Crippen molar-refractivity contribution in [3.63, 3.8) is 0 Å². The molecule has 58 valence electrons. The molecule has 0 bridgehead atoms. The molecule has 2 nitrogen and oxygen atoms in total. The summed E-state index contributed by atoms with van der Waals surface area (Å²) in [5.74, 6) is 0. The highest BCUT2D eigenvalue weighted by atomic mass is 16.1. The number of aliphatic imine (C=N–C) groups is 1. The standard InChI is InChI=1S/C8H7NO.CH4/c10-7-9-6-8-4-2-1-3-5-8;/h1-5H,6H2;1H4. The van der Waals surface area contributed by atoms with Crippen LogP contribution in [0.1, 0.15) is 13.0 Å². The van der Waals surface area contributed by atoms with Crippen molar-refractivity contribution in [2.45, 2.75) is 14.0 Å². The Labute approximate surface area is 66.6 Å². The molecule has 0 aliphatic rings. The van der Waals surface area contributed by atoms with Gasteiger partial charge in [-0.25, -0.2) is 9.79 Å². The van der Waals surface area contributed by atoms with E-state index in [0.29, 0.717) is 6.54 Å². The normalized spacial score (nSPS) is 7.64. The first-order valence-corrected chi connectivity index (χ1v) is 3.01. The fraction of sp³-hybridized carbons (Fsp3) is 0.222. The zero-order chi connectivity index (χ0) is 7.23. The first-order valence-electron chi connectivity index (χ1n) is 3.01. The van der Waals surface area contributed by atoms with Gasteiger partial charge in [-0.15, -0.1) is 0 Å². The summed E-state index contributed by atoms with van der Waals surface area (Å²) in [6.07, 6.45) is 1.49. The number of hydrogen-bond acceptors (Lipinski definition) is 2. The zero-order valence-corrected chi connectivity index (χ0v) is 5.45. The van der Waals surface area contributed by atoms with Crippen molar-refractivity contribution in [2.75, 3.05) is 0 Å². The molecular weight excluding hydrogens is 138 g/mol. The van der Waals surface area contributed by atoms with E-state index in [4.69, 9.17) is 0 Å². The smallest absolute Gasteiger partial charge is 0.211 e. The second-order valence-electron chi connectivity index (χ2n) is 1.89. The molecule has 0 fully saturated rings. The molecule has 1 aromatic carbocycles. The summed E-state index contributed by atoms with van der Waals surface area (Å²) in [5, 5.41) is 0. The lowest BCUT2D eigenvalue weighted by atomic mass is 10.2. The van der Waals surface area contributed by atoms with Crippen molar-refractivity contribution in [3.8, 4) is 0 Å². The fourth-order valence-electron chi connectivity index (χ4n) is 0.707. The van der Waals surface area contributed by atoms with Gasteiger partial charge in [0, 0.05) is 0 Å². The van der Waals surface area contributed by atoms with E-state index < -0.39 is 0 Å². The molecule has 1 rings (SSSR count). The average Bonchev–Trinajstić information content (AvgIpc) is 2.03. The average molecular weight is 149 g/mol. The number of rotatable bonds is 2. The molecule has 0 saturated carbocycles. The first-order chi connectivity index (χ1) is 4.93. The highest BCUT2D eigenvalue weighted by Crippen LogP contribution is 1.98. The predicted molar refractivity (Wildman–Crippen MR) is 45.0 cm³/mol. The lowest BCUT2D eigenvalue weighted by molar-refractivity contribution is 0.563. The molecule has 2 heteroatoms. The first kappa shape index (κ1) is 9.60. The van der Waals surface area contributed by atoms with Crippen LogP contribution < -0.4 is 0 Å². The third kappa shape index (κ3) is 3.33. The molecule has 0 radical (unpaired) electrons. The monoisotopic (exact) mass is 149 g/mol. The molecule has 0 heterocycles. The van der Waals surface area contributed by atoms with Gasteiger partial charge in [0.25, 0.3) is 0 Å². The van der Waals surface area contributed by atoms with Crippen LogP contribution in [0.15, 0.2) is 35.3 Å². The molecule has 0 unspecified atom stereocenters. The van der Waals surface area contributed by atoms with Crippen molar-refractivity contribution in [2.24, 2.45) is 4.99 Å². The molecule has 0 aliphatic carbocycles. The second kappa shape index (κ2) is 5.39. The summed E-state index contributed by atoms with van der Waals surface area (Å²) in [5.41, 5.74) is 1.03. The van der Waals surface area contributed by atoms with Crippen LogP contribution in [-0.4, -0.2) is 6.08 Å². The van der Waals surface area contributed by atoms with E-state index in [9.17, 15) is 4.79 Å². The largest absolute Gasteiger partial charge is 0.235 e. The fourth-order valence-corrected chi connectivity index (χ4v) is 0.707. The van der Waals surface area contributed by atoms with Crippen LogP contribution in [-0.2, 0) is 11.3 Å². The van der Waals surface area contributed by atoms with Gasteiger partial charge in [0.05, 0.1) is 6.54 Å². The number of isocyanates is 1. The molecule has 0 aliphatic heterocycles. The lowest BCUT2D eigenvalue weighted by Crippen LogP contribution is -1.77. The summed E-state index contributed by atoms with van der Waals surface area (Å²) in [7, 11) is 0. The van der Waals surface area contributed by atoms with E-state index in [2.05, 4.69) is 4.99 Å². The van der Waals surface area contributed by atoms with Gasteiger partial charge < -0.3 is 0 Å². The van der Waals surface area contributed by atoms with Crippen LogP contribution in [0.25, 0.3) is 0 Å². The highest BCUT2D eigenvalue weighted by Gasteiger charge is 1.84. The number of hydrogen-bond donors (Lipinski definition) is 0. The van der Waals surface area contributed by atoms with Crippen molar-refractivity contribution in [1.82, 2.24) is 0 Å². The molecule has 0 aromatic heterocycles. The van der Waals surface area contributed by atoms with Crippen LogP contribution in [0.3, 0.4) is 0 Å². The molecule has 0 amide bonds. The van der Waals surface area contributed by atoms with Gasteiger partial charge in [0.15, 0.2) is 0 Å². The minimum atomic E-state index is 0. The Morgan fingerprint density at radius 2 is 1.91 bits per heavy atom. The van der Waals surface area contributed by atoms with Crippen LogP contribution >= 0.6 is 0 Å². The maximum Gasteiger partial charge on any atom is 0.235 e. The van der Waals surface area contributed by atoms with Crippen LogP contribution in [0.2, 0.25) is 0 Å². The topological polar surface area (TPSA) is 29.4 Å². The molecule has 0 spiro atoms. The predicted octanol–water partition coefficient (Wildman–Crippen LogP) is 2.16. The van der Waals surface area contributed by atoms with Crippen molar-refractivity contribution < 1.29 is 4.79 Å². The molecule has 0 saturated heterocycles. The molecule has 11 heavy (non-hydrogen) atoms. The Bertz CT molecular complexity index is 237. The lowest BCUT2D eigenvalue weighted by Gasteiger charge is -1.89.